The molecule has 2 aliphatic carbocycles. The first-order valence-electron chi connectivity index (χ1n) is 3.40. The number of allylic oxidation sites excluding steroid dienone is 3. The summed E-state index contributed by atoms with van der Waals surface area (Å²) >= 11 is 0. The van der Waals surface area contributed by atoms with Crippen molar-refractivity contribution in [3.63, 3.8) is 0 Å². The summed E-state index contributed by atoms with van der Waals surface area (Å²) < 4.78 is 0. The van der Waals surface area contributed by atoms with Crippen LogP contribution in [0.25, 0.3) is 0 Å². The van der Waals surface area contributed by atoms with Crippen molar-refractivity contribution in [3.8, 4) is 0 Å². The normalized spacial score (nSPS) is 37.7. The van der Waals surface area contributed by atoms with Crippen molar-refractivity contribution in [3.05, 3.63) is 23.8 Å². The molecule has 0 amide bonds. The Morgan fingerprint density at radius 3 is 2.78 bits per heavy atom. The van der Waals surface area contributed by atoms with E-state index in [0.29, 0.717) is 11.8 Å². The molecule has 0 heterocycles. The first kappa shape index (κ1) is 5.24. The maximum Gasteiger partial charge on any atom is 0.0647 e. The molecule has 2 rings (SSSR count). The van der Waals surface area contributed by atoms with Gasteiger partial charge in [-0.2, -0.15) is 0 Å². The molecule has 0 aromatic rings. The molecule has 9 heavy (non-hydrogen) atoms. The summed E-state index contributed by atoms with van der Waals surface area (Å²) in [4.78, 5) is 0. The fourth-order valence-electron chi connectivity index (χ4n) is 1.69. The van der Waals surface area contributed by atoms with Crippen LogP contribution < -0.4 is 0 Å². The van der Waals surface area contributed by atoms with Crippen LogP contribution in [0.5, 0.6) is 0 Å². The van der Waals surface area contributed by atoms with Crippen LogP contribution in [-0.4, -0.2) is 11.7 Å². The van der Waals surface area contributed by atoms with Gasteiger partial charge in [-0.05, 0) is 17.9 Å². The number of hydrogen-bond acceptors (Lipinski definition) is 1. The van der Waals surface area contributed by atoms with Crippen LogP contribution in [0.3, 0.4) is 0 Å². The smallest absolute Gasteiger partial charge is 0.0647 e. The highest BCUT2D eigenvalue weighted by molar-refractivity contribution is 5.30. The van der Waals surface area contributed by atoms with Gasteiger partial charge in [0.25, 0.3) is 0 Å². The van der Waals surface area contributed by atoms with Crippen molar-refractivity contribution >= 4 is 0 Å². The van der Waals surface area contributed by atoms with Crippen molar-refractivity contribution < 1.29 is 5.11 Å². The van der Waals surface area contributed by atoms with Crippen molar-refractivity contribution in [1.82, 2.24) is 0 Å². The van der Waals surface area contributed by atoms with E-state index in [1.165, 1.54) is 12.0 Å². The topological polar surface area (TPSA) is 20.2 Å². The van der Waals surface area contributed by atoms with E-state index >= 15 is 0 Å². The van der Waals surface area contributed by atoms with E-state index in [4.69, 9.17) is 5.11 Å². The Kier molecular flexibility index (Phi) is 0.995. The zero-order chi connectivity index (χ0) is 6.27. The van der Waals surface area contributed by atoms with Crippen LogP contribution in [0.2, 0.25) is 0 Å². The maximum atomic E-state index is 8.79. The quantitative estimate of drug-likeness (QED) is 0.516. The second-order valence-corrected chi connectivity index (χ2v) is 2.79. The molecule has 2 atom stereocenters. The summed E-state index contributed by atoms with van der Waals surface area (Å²) in [5.41, 5.74) is 1.22. The van der Waals surface area contributed by atoms with Gasteiger partial charge in [-0.25, -0.2) is 0 Å². The van der Waals surface area contributed by atoms with Gasteiger partial charge in [-0.1, -0.05) is 18.2 Å². The molecule has 1 N–H and O–H groups in total. The molecule has 0 saturated heterocycles. The molecule has 1 nitrogen and oxygen atoms in total. The van der Waals surface area contributed by atoms with E-state index in [9.17, 15) is 0 Å². The average molecular weight is 122 g/mol. The van der Waals surface area contributed by atoms with E-state index < -0.39 is 0 Å². The zero-order valence-electron chi connectivity index (χ0n) is 5.25. The molecule has 0 aromatic heterocycles. The lowest BCUT2D eigenvalue weighted by Crippen LogP contribution is -1.97. The molecular weight excluding hydrogens is 112 g/mol. The number of aliphatic hydroxyl groups is 1. The monoisotopic (exact) mass is 122 g/mol. The van der Waals surface area contributed by atoms with E-state index in [-0.39, 0.29) is 6.61 Å². The third-order valence-electron chi connectivity index (χ3n) is 2.20. The van der Waals surface area contributed by atoms with Crippen molar-refractivity contribution in [2.75, 3.05) is 6.61 Å². The van der Waals surface area contributed by atoms with Crippen LogP contribution in [0.15, 0.2) is 23.8 Å². The number of aliphatic hydroxyl groups excluding tert-OH is 1. The average Bonchev–Trinajstić information content (AvgIpc) is 2.45. The molecule has 0 radical (unpaired) electrons. The minimum absolute atomic E-state index is 0.255. The van der Waals surface area contributed by atoms with Gasteiger partial charge in [0.15, 0.2) is 0 Å². The van der Waals surface area contributed by atoms with E-state index in [1.54, 1.807) is 0 Å². The molecule has 48 valence electrons. The summed E-state index contributed by atoms with van der Waals surface area (Å²) in [6.07, 6.45) is 7.83. The largest absolute Gasteiger partial charge is 0.392 e. The second kappa shape index (κ2) is 1.71. The number of rotatable bonds is 1. The summed E-state index contributed by atoms with van der Waals surface area (Å²) in [7, 11) is 0. The molecule has 0 fully saturated rings. The highest BCUT2D eigenvalue weighted by Crippen LogP contribution is 2.37. The lowest BCUT2D eigenvalue weighted by molar-refractivity contribution is 0.322. The Labute approximate surface area is 54.7 Å². The van der Waals surface area contributed by atoms with Crippen LogP contribution in [0.1, 0.15) is 6.42 Å². The van der Waals surface area contributed by atoms with E-state index in [2.05, 4.69) is 18.2 Å². The number of hydrogen-bond donors (Lipinski definition) is 1. The summed E-state index contributed by atoms with van der Waals surface area (Å²) in [5, 5.41) is 8.79. The van der Waals surface area contributed by atoms with Crippen LogP contribution in [0.4, 0.5) is 0 Å². The summed E-state index contributed by atoms with van der Waals surface area (Å²) in [6.45, 7) is 0.255. The minimum atomic E-state index is 0.255. The van der Waals surface area contributed by atoms with Gasteiger partial charge in [0, 0.05) is 5.92 Å². The Bertz CT molecular complexity index is 179. The molecule has 0 aliphatic heterocycles. The predicted octanol–water partition coefficient (Wildman–Crippen LogP) is 1.11. The van der Waals surface area contributed by atoms with Crippen molar-refractivity contribution in [1.29, 1.82) is 0 Å². The van der Waals surface area contributed by atoms with Gasteiger partial charge >= 0.3 is 0 Å². The summed E-state index contributed by atoms with van der Waals surface area (Å²) in [6, 6.07) is 0. The highest BCUT2D eigenvalue weighted by Gasteiger charge is 2.26. The fourth-order valence-corrected chi connectivity index (χ4v) is 1.69. The fraction of sp³-hybridized carbons (Fsp3) is 0.500. The molecule has 1 heteroatoms. The Hall–Kier alpha value is -0.560. The molecule has 0 saturated carbocycles. The standard InChI is InChI=1S/C8H10O/c9-5-8-4-6-1-2-7(8)3-6/h1-2,4,6-7,9H,3,5H2/t6-,7+/m0/s1. The molecule has 2 bridgehead atoms. The highest BCUT2D eigenvalue weighted by atomic mass is 16.3. The van der Waals surface area contributed by atoms with Gasteiger partial charge < -0.3 is 5.11 Å². The van der Waals surface area contributed by atoms with Gasteiger partial charge in [0.2, 0.25) is 0 Å². The van der Waals surface area contributed by atoms with E-state index in [1.807, 2.05) is 0 Å². The molecular formula is C8H10O. The summed E-state index contributed by atoms with van der Waals surface area (Å²) in [5.74, 6) is 1.23. The lowest BCUT2D eigenvalue weighted by Gasteiger charge is -2.03. The van der Waals surface area contributed by atoms with Gasteiger partial charge in [-0.3, -0.25) is 0 Å². The van der Waals surface area contributed by atoms with Gasteiger partial charge in [-0.15, -0.1) is 0 Å². The zero-order valence-corrected chi connectivity index (χ0v) is 5.25. The van der Waals surface area contributed by atoms with Crippen LogP contribution >= 0.6 is 0 Å². The SMILES string of the molecule is OCC1=C[C@H]2C=C[C@@H]1C2. The number of fused-ring (bicyclic) bond motifs is 2. The van der Waals surface area contributed by atoms with Crippen LogP contribution in [0, 0.1) is 11.8 Å². The minimum Gasteiger partial charge on any atom is -0.392 e. The molecule has 2 aliphatic rings. The lowest BCUT2D eigenvalue weighted by atomic mass is 10.0. The Balaban J connectivity index is 2.22. The van der Waals surface area contributed by atoms with Gasteiger partial charge in [0.1, 0.15) is 0 Å². The first-order valence-corrected chi connectivity index (χ1v) is 3.40. The molecule has 0 aromatic carbocycles. The van der Waals surface area contributed by atoms with E-state index in [0.717, 1.165) is 0 Å². The van der Waals surface area contributed by atoms with Crippen molar-refractivity contribution in [2.24, 2.45) is 11.8 Å². The van der Waals surface area contributed by atoms with Crippen molar-refractivity contribution in [2.45, 2.75) is 6.42 Å². The molecule has 0 spiro atoms. The Morgan fingerprint density at radius 1 is 1.56 bits per heavy atom. The third kappa shape index (κ3) is 0.648. The Morgan fingerprint density at radius 2 is 2.44 bits per heavy atom. The predicted molar refractivity (Wildman–Crippen MR) is 35.9 cm³/mol. The molecule has 0 unspecified atom stereocenters. The van der Waals surface area contributed by atoms with Crippen LogP contribution in [-0.2, 0) is 0 Å². The second-order valence-electron chi connectivity index (χ2n) is 2.79. The maximum absolute atomic E-state index is 8.79. The van der Waals surface area contributed by atoms with Gasteiger partial charge in [0.05, 0.1) is 6.61 Å². The third-order valence-corrected chi connectivity index (χ3v) is 2.20. The first-order chi connectivity index (χ1) is 4.40.